The molecule has 1 aromatic carbocycles. The first-order chi connectivity index (χ1) is 8.17. The maximum absolute atomic E-state index is 13.1. The van der Waals surface area contributed by atoms with Crippen LogP contribution < -0.4 is 11.1 Å². The highest BCUT2D eigenvalue weighted by Gasteiger charge is 2.20. The summed E-state index contributed by atoms with van der Waals surface area (Å²) in [6.45, 7) is 6.49. The Balaban J connectivity index is 1.85. The Morgan fingerprint density at radius 1 is 1.47 bits per heavy atom. The second-order valence-electron chi connectivity index (χ2n) is 4.70. The molecule has 1 aromatic rings. The van der Waals surface area contributed by atoms with Gasteiger partial charge < -0.3 is 16.0 Å². The quantitative estimate of drug-likeness (QED) is 0.788. The molecular formula is C13H20FN3. The second kappa shape index (κ2) is 5.36. The Kier molecular flexibility index (Phi) is 3.84. The molecule has 4 heteroatoms. The van der Waals surface area contributed by atoms with Gasteiger partial charge in [0.2, 0.25) is 0 Å². The number of hydrogen-bond acceptors (Lipinski definition) is 3. The normalized spacial score (nSPS) is 20.7. The van der Waals surface area contributed by atoms with Crippen molar-refractivity contribution in [3.63, 3.8) is 0 Å². The summed E-state index contributed by atoms with van der Waals surface area (Å²) in [5, 5.41) is 3.27. The zero-order valence-electron chi connectivity index (χ0n) is 10.2. The van der Waals surface area contributed by atoms with Gasteiger partial charge in [-0.05, 0) is 43.6 Å². The van der Waals surface area contributed by atoms with Gasteiger partial charge in [-0.15, -0.1) is 0 Å². The molecule has 2 rings (SSSR count). The molecule has 0 aliphatic carbocycles. The third-order valence-electron chi connectivity index (χ3n) is 3.33. The van der Waals surface area contributed by atoms with Crippen LogP contribution in [-0.2, 0) is 0 Å². The molecule has 3 nitrogen and oxygen atoms in total. The lowest BCUT2D eigenvalue weighted by atomic mass is 10.1. The van der Waals surface area contributed by atoms with Gasteiger partial charge in [-0.1, -0.05) is 6.92 Å². The van der Waals surface area contributed by atoms with Crippen LogP contribution in [0, 0.1) is 11.7 Å². The predicted molar refractivity (Wildman–Crippen MR) is 69.5 cm³/mol. The molecule has 0 aromatic heterocycles. The Morgan fingerprint density at radius 3 is 2.94 bits per heavy atom. The van der Waals surface area contributed by atoms with Gasteiger partial charge in [-0.25, -0.2) is 4.39 Å². The first-order valence-corrected chi connectivity index (χ1v) is 6.19. The van der Waals surface area contributed by atoms with Crippen molar-refractivity contribution in [2.24, 2.45) is 5.92 Å². The molecular weight excluding hydrogens is 217 g/mol. The van der Waals surface area contributed by atoms with Crippen molar-refractivity contribution >= 4 is 11.4 Å². The SMILES string of the molecule is CCN1CCC(CNc2cc(N)cc(F)c2)C1. The van der Waals surface area contributed by atoms with E-state index in [-0.39, 0.29) is 5.82 Å². The minimum absolute atomic E-state index is 0.283. The van der Waals surface area contributed by atoms with Crippen LogP contribution in [0.25, 0.3) is 0 Å². The van der Waals surface area contributed by atoms with Crippen LogP contribution in [0.4, 0.5) is 15.8 Å². The van der Waals surface area contributed by atoms with Gasteiger partial charge in [0.25, 0.3) is 0 Å². The second-order valence-corrected chi connectivity index (χ2v) is 4.70. The van der Waals surface area contributed by atoms with E-state index >= 15 is 0 Å². The summed E-state index contributed by atoms with van der Waals surface area (Å²) in [6.07, 6.45) is 1.21. The zero-order valence-corrected chi connectivity index (χ0v) is 10.2. The Labute approximate surface area is 102 Å². The van der Waals surface area contributed by atoms with Crippen LogP contribution in [0.2, 0.25) is 0 Å². The molecule has 1 saturated heterocycles. The van der Waals surface area contributed by atoms with Gasteiger partial charge in [-0.2, -0.15) is 0 Å². The summed E-state index contributed by atoms with van der Waals surface area (Å²) in [4.78, 5) is 2.44. The first-order valence-electron chi connectivity index (χ1n) is 6.19. The lowest BCUT2D eigenvalue weighted by Crippen LogP contribution is -2.22. The number of halogens is 1. The highest BCUT2D eigenvalue weighted by atomic mass is 19.1. The minimum Gasteiger partial charge on any atom is -0.399 e. The van der Waals surface area contributed by atoms with Gasteiger partial charge in [-0.3, -0.25) is 0 Å². The molecule has 0 amide bonds. The maximum atomic E-state index is 13.1. The number of nitrogen functional groups attached to an aromatic ring is 1. The number of benzene rings is 1. The van der Waals surface area contributed by atoms with Gasteiger partial charge >= 0.3 is 0 Å². The van der Waals surface area contributed by atoms with E-state index in [9.17, 15) is 4.39 Å². The minimum atomic E-state index is -0.283. The van der Waals surface area contributed by atoms with Crippen molar-refractivity contribution in [1.82, 2.24) is 4.90 Å². The van der Waals surface area contributed by atoms with E-state index in [1.165, 1.54) is 25.1 Å². The fraction of sp³-hybridized carbons (Fsp3) is 0.538. The summed E-state index contributed by atoms with van der Waals surface area (Å²) >= 11 is 0. The molecule has 3 N–H and O–H groups in total. The molecule has 1 heterocycles. The Hall–Kier alpha value is -1.29. The first kappa shape index (κ1) is 12.2. The fourth-order valence-electron chi connectivity index (χ4n) is 2.34. The standard InChI is InChI=1S/C13H20FN3/c1-2-17-4-3-10(9-17)8-16-13-6-11(14)5-12(15)7-13/h5-7,10,16H,2-4,8-9,15H2,1H3. The molecule has 1 aliphatic heterocycles. The van der Waals surface area contributed by atoms with Crippen LogP contribution in [-0.4, -0.2) is 31.1 Å². The van der Waals surface area contributed by atoms with Crippen LogP contribution >= 0.6 is 0 Å². The van der Waals surface area contributed by atoms with E-state index in [0.29, 0.717) is 11.6 Å². The number of nitrogens with zero attached hydrogens (tertiary/aromatic N) is 1. The highest BCUT2D eigenvalue weighted by Crippen LogP contribution is 2.19. The maximum Gasteiger partial charge on any atom is 0.127 e. The number of rotatable bonds is 4. The van der Waals surface area contributed by atoms with Crippen molar-refractivity contribution in [2.45, 2.75) is 13.3 Å². The van der Waals surface area contributed by atoms with Crippen molar-refractivity contribution in [2.75, 3.05) is 37.2 Å². The van der Waals surface area contributed by atoms with Crippen LogP contribution in [0.15, 0.2) is 18.2 Å². The van der Waals surface area contributed by atoms with E-state index in [1.807, 2.05) is 0 Å². The molecule has 1 atom stereocenters. The van der Waals surface area contributed by atoms with E-state index in [2.05, 4.69) is 17.1 Å². The number of likely N-dealkylation sites (tertiary alicyclic amines) is 1. The monoisotopic (exact) mass is 237 g/mol. The number of anilines is 2. The molecule has 0 bridgehead atoms. The summed E-state index contributed by atoms with van der Waals surface area (Å²) in [5.41, 5.74) is 6.84. The molecule has 1 fully saturated rings. The lowest BCUT2D eigenvalue weighted by Gasteiger charge is -2.14. The van der Waals surface area contributed by atoms with E-state index in [4.69, 9.17) is 5.73 Å². The van der Waals surface area contributed by atoms with Crippen LogP contribution in [0.3, 0.4) is 0 Å². The fourth-order valence-corrected chi connectivity index (χ4v) is 2.34. The average molecular weight is 237 g/mol. The number of nitrogens with one attached hydrogen (secondary N) is 1. The highest BCUT2D eigenvalue weighted by molar-refractivity contribution is 5.54. The molecule has 1 unspecified atom stereocenters. The molecule has 0 spiro atoms. The van der Waals surface area contributed by atoms with Gasteiger partial charge in [0.05, 0.1) is 0 Å². The average Bonchev–Trinajstić information content (AvgIpc) is 2.73. The van der Waals surface area contributed by atoms with Gasteiger partial charge in [0.15, 0.2) is 0 Å². The summed E-state index contributed by atoms with van der Waals surface area (Å²) < 4.78 is 13.1. The molecule has 17 heavy (non-hydrogen) atoms. The third kappa shape index (κ3) is 3.33. The van der Waals surface area contributed by atoms with Crippen molar-refractivity contribution < 1.29 is 4.39 Å². The molecule has 94 valence electrons. The smallest absolute Gasteiger partial charge is 0.127 e. The Bertz CT molecular complexity index is 361. The van der Waals surface area contributed by atoms with Crippen LogP contribution in [0.1, 0.15) is 13.3 Å². The third-order valence-corrected chi connectivity index (χ3v) is 3.33. The number of nitrogens with two attached hydrogens (primary N) is 1. The summed E-state index contributed by atoms with van der Waals surface area (Å²) in [5.74, 6) is 0.369. The van der Waals surface area contributed by atoms with Crippen molar-refractivity contribution in [3.8, 4) is 0 Å². The zero-order chi connectivity index (χ0) is 12.3. The number of hydrogen-bond donors (Lipinski definition) is 2. The van der Waals surface area contributed by atoms with E-state index in [0.717, 1.165) is 25.3 Å². The molecule has 1 aliphatic rings. The molecule has 0 radical (unpaired) electrons. The van der Waals surface area contributed by atoms with Gasteiger partial charge in [0.1, 0.15) is 5.82 Å². The topological polar surface area (TPSA) is 41.3 Å². The van der Waals surface area contributed by atoms with Crippen molar-refractivity contribution in [3.05, 3.63) is 24.0 Å². The van der Waals surface area contributed by atoms with Gasteiger partial charge in [0, 0.05) is 24.5 Å². The largest absolute Gasteiger partial charge is 0.399 e. The van der Waals surface area contributed by atoms with E-state index in [1.54, 1.807) is 6.07 Å². The van der Waals surface area contributed by atoms with E-state index < -0.39 is 0 Å². The predicted octanol–water partition coefficient (Wildman–Crippen LogP) is 2.16. The van der Waals surface area contributed by atoms with Crippen molar-refractivity contribution in [1.29, 1.82) is 0 Å². The lowest BCUT2D eigenvalue weighted by molar-refractivity contribution is 0.345. The Morgan fingerprint density at radius 2 is 2.29 bits per heavy atom. The van der Waals surface area contributed by atoms with Crippen LogP contribution in [0.5, 0.6) is 0 Å². The summed E-state index contributed by atoms with van der Waals surface area (Å²) in [6, 6.07) is 4.60. The summed E-state index contributed by atoms with van der Waals surface area (Å²) in [7, 11) is 0. The molecule has 0 saturated carbocycles.